The van der Waals surface area contributed by atoms with Crippen molar-refractivity contribution in [2.24, 2.45) is 5.92 Å². The van der Waals surface area contributed by atoms with E-state index in [1.807, 2.05) is 30.3 Å². The molecule has 0 aliphatic carbocycles. The van der Waals surface area contributed by atoms with Gasteiger partial charge in [0.1, 0.15) is 11.9 Å². The van der Waals surface area contributed by atoms with Crippen molar-refractivity contribution in [3.63, 3.8) is 0 Å². The summed E-state index contributed by atoms with van der Waals surface area (Å²) in [4.78, 5) is 31.3. The number of fused-ring (bicyclic) bond motifs is 2. The van der Waals surface area contributed by atoms with Gasteiger partial charge in [0, 0.05) is 18.7 Å². The lowest BCUT2D eigenvalue weighted by Gasteiger charge is -2.36. The largest absolute Gasteiger partial charge is 0.481 e. The highest BCUT2D eigenvalue weighted by molar-refractivity contribution is 7.89. The highest BCUT2D eigenvalue weighted by atomic mass is 32.2. The van der Waals surface area contributed by atoms with Gasteiger partial charge in [0.15, 0.2) is 12.6 Å². The van der Waals surface area contributed by atoms with Gasteiger partial charge in [-0.05, 0) is 36.5 Å². The molecule has 5 rings (SSSR count). The van der Waals surface area contributed by atoms with Crippen LogP contribution in [0.25, 0.3) is 0 Å². The average Bonchev–Trinajstić information content (AvgIpc) is 3.55. The Morgan fingerprint density at radius 1 is 1.17 bits per heavy atom. The Balaban J connectivity index is 1.32. The van der Waals surface area contributed by atoms with E-state index in [0.29, 0.717) is 18.6 Å². The van der Waals surface area contributed by atoms with Gasteiger partial charge in [-0.25, -0.2) is 13.2 Å². The second kappa shape index (κ2) is 12.6. The summed E-state index contributed by atoms with van der Waals surface area (Å²) >= 11 is 0. The normalized spacial score (nSPS) is 26.6. The molecule has 2 aromatic carbocycles. The van der Waals surface area contributed by atoms with Gasteiger partial charge in [-0.3, -0.25) is 4.57 Å². The van der Waals surface area contributed by atoms with Gasteiger partial charge in [-0.15, -0.1) is 0 Å². The minimum Gasteiger partial charge on any atom is -0.481 e. The summed E-state index contributed by atoms with van der Waals surface area (Å²) in [5, 5.41) is 14.1. The number of β-amino-alcohol motifs (C(OH)–C–C–N with tert-alkyl or cyclic N) is 1. The highest BCUT2D eigenvalue weighted by Gasteiger charge is 2.44. The Morgan fingerprint density at radius 2 is 1.93 bits per heavy atom. The number of alkyl carbamates (subject to hydrolysis) is 1. The van der Waals surface area contributed by atoms with Crippen LogP contribution in [0.1, 0.15) is 30.4 Å². The van der Waals surface area contributed by atoms with Crippen molar-refractivity contribution >= 4 is 23.7 Å². The van der Waals surface area contributed by atoms with Gasteiger partial charge in [-0.1, -0.05) is 43.3 Å². The zero-order valence-corrected chi connectivity index (χ0v) is 24.7. The fourth-order valence-electron chi connectivity index (χ4n) is 5.68. The zero-order chi connectivity index (χ0) is 30.1. The Kier molecular flexibility index (Phi) is 9.26. The molecule has 0 aromatic heterocycles. The van der Waals surface area contributed by atoms with Crippen LogP contribution in [-0.2, 0) is 35.2 Å². The highest BCUT2D eigenvalue weighted by Crippen LogP contribution is 2.42. The Morgan fingerprint density at radius 3 is 2.67 bits per heavy atom. The number of ether oxygens (including phenoxy) is 4. The number of carbonyl (C=O) groups excluding carboxylic acids is 1. The molecule has 0 spiro atoms. The van der Waals surface area contributed by atoms with Crippen LogP contribution in [0.2, 0.25) is 0 Å². The summed E-state index contributed by atoms with van der Waals surface area (Å²) in [5.41, 5.74) is 1.13. The third-order valence-corrected chi connectivity index (χ3v) is 10.1. The molecule has 6 atom stereocenters. The van der Waals surface area contributed by atoms with E-state index in [9.17, 15) is 32.7 Å². The number of sulfonamides is 1. The van der Waals surface area contributed by atoms with E-state index in [0.717, 1.165) is 9.87 Å². The first-order valence-electron chi connectivity index (χ1n) is 13.6. The maximum Gasteiger partial charge on any atom is 0.407 e. The first-order valence-corrected chi connectivity index (χ1v) is 16.9. The van der Waals surface area contributed by atoms with Crippen molar-refractivity contribution in [2.45, 2.75) is 55.1 Å². The first kappa shape index (κ1) is 30.9. The van der Waals surface area contributed by atoms with E-state index >= 15 is 0 Å². The summed E-state index contributed by atoms with van der Waals surface area (Å²) in [6.45, 7) is 2.15. The molecule has 0 bridgehead atoms. The first-order chi connectivity index (χ1) is 19.9. The number of aliphatic hydroxyl groups excluding tert-OH is 1. The number of benzene rings is 2. The Hall–Kier alpha value is -2.55. The lowest BCUT2D eigenvalue weighted by Crippen LogP contribution is -2.52. The zero-order valence-electron chi connectivity index (χ0n) is 22.9. The molecule has 0 saturated carbocycles. The molecule has 0 radical (unpaired) electrons. The van der Waals surface area contributed by atoms with Crippen LogP contribution in [0.4, 0.5) is 4.79 Å². The van der Waals surface area contributed by atoms with Crippen LogP contribution < -0.4 is 10.1 Å². The van der Waals surface area contributed by atoms with Crippen molar-refractivity contribution in [2.75, 3.05) is 32.7 Å². The number of aliphatic hydroxyl groups is 1. The van der Waals surface area contributed by atoms with Crippen molar-refractivity contribution in [3.05, 3.63) is 59.7 Å². The van der Waals surface area contributed by atoms with E-state index < -0.39 is 60.5 Å². The molecular weight excluding hydrogens is 591 g/mol. The molecule has 2 aromatic rings. The van der Waals surface area contributed by atoms with Crippen LogP contribution in [0.5, 0.6) is 5.75 Å². The predicted molar refractivity (Wildman–Crippen MR) is 148 cm³/mol. The van der Waals surface area contributed by atoms with E-state index in [2.05, 4.69) is 5.32 Å². The molecule has 2 fully saturated rings. The molecule has 13 nitrogen and oxygen atoms in total. The number of hydrogen-bond acceptors (Lipinski definition) is 9. The molecule has 2 saturated heterocycles. The molecule has 3 aliphatic rings. The van der Waals surface area contributed by atoms with Crippen molar-refractivity contribution < 1.29 is 51.6 Å². The van der Waals surface area contributed by atoms with Crippen LogP contribution >= 0.6 is 7.60 Å². The summed E-state index contributed by atoms with van der Waals surface area (Å²) in [6.07, 6.45) is -2.91. The predicted octanol–water partition coefficient (Wildman–Crippen LogP) is 1.77. The Labute approximate surface area is 243 Å². The lowest BCUT2D eigenvalue weighted by atomic mass is 9.98. The van der Waals surface area contributed by atoms with Crippen LogP contribution in [0.15, 0.2) is 53.4 Å². The minimum absolute atomic E-state index is 0.0202. The smallest absolute Gasteiger partial charge is 0.407 e. The van der Waals surface area contributed by atoms with Crippen molar-refractivity contribution in [3.8, 4) is 5.75 Å². The summed E-state index contributed by atoms with van der Waals surface area (Å²) < 4.78 is 61.7. The fraction of sp³-hybridized carbons (Fsp3) is 0.519. The van der Waals surface area contributed by atoms with E-state index in [-0.39, 0.29) is 42.7 Å². The summed E-state index contributed by atoms with van der Waals surface area (Å²) in [6, 6.07) is 12.6. The number of rotatable bonds is 10. The van der Waals surface area contributed by atoms with E-state index in [4.69, 9.17) is 18.9 Å². The quantitative estimate of drug-likeness (QED) is 0.282. The summed E-state index contributed by atoms with van der Waals surface area (Å²) in [5.74, 6) is -0.411. The SMILES string of the molecule is CC1CN(C[C@@H](O)[C@H](Cc2ccccc2)NC(=O)O[C@H]2CO[C@H]3OCC[C@H]32)S(=O)(=O)c2cccc(OCP(=O)(O)O)c21. The maximum atomic E-state index is 13.6. The van der Waals surface area contributed by atoms with Crippen molar-refractivity contribution in [1.29, 1.82) is 0 Å². The Bertz CT molecular complexity index is 1420. The molecule has 15 heteroatoms. The van der Waals surface area contributed by atoms with Gasteiger partial charge in [-0.2, -0.15) is 4.31 Å². The average molecular weight is 627 g/mol. The van der Waals surface area contributed by atoms with Crippen LogP contribution in [-0.4, -0.2) is 90.9 Å². The topological polar surface area (TPSA) is 181 Å². The molecule has 1 amide bonds. The van der Waals surface area contributed by atoms with Crippen LogP contribution in [0.3, 0.4) is 0 Å². The van der Waals surface area contributed by atoms with Gasteiger partial charge in [0.25, 0.3) is 0 Å². The number of amides is 1. The van der Waals surface area contributed by atoms with Gasteiger partial charge in [0.05, 0.1) is 36.2 Å². The minimum atomic E-state index is -4.49. The molecule has 3 aliphatic heterocycles. The maximum absolute atomic E-state index is 13.6. The monoisotopic (exact) mass is 626 g/mol. The second-order valence-electron chi connectivity index (χ2n) is 10.8. The van der Waals surface area contributed by atoms with E-state index in [1.54, 1.807) is 6.92 Å². The molecular formula is C27H35N2O11PS. The van der Waals surface area contributed by atoms with Gasteiger partial charge in [0.2, 0.25) is 10.0 Å². The molecule has 230 valence electrons. The molecule has 42 heavy (non-hydrogen) atoms. The lowest BCUT2D eigenvalue weighted by molar-refractivity contribution is -0.0907. The summed E-state index contributed by atoms with van der Waals surface area (Å²) in [7, 11) is -8.62. The van der Waals surface area contributed by atoms with Gasteiger partial charge < -0.3 is 39.2 Å². The fourth-order valence-corrected chi connectivity index (χ4v) is 7.86. The van der Waals surface area contributed by atoms with Gasteiger partial charge >= 0.3 is 13.7 Å². The van der Waals surface area contributed by atoms with Crippen LogP contribution in [0, 0.1) is 5.92 Å². The second-order valence-corrected chi connectivity index (χ2v) is 14.3. The molecule has 1 unspecified atom stereocenters. The third kappa shape index (κ3) is 6.98. The standard InChI is InChI=1S/C27H35N2O11PS/c1-17-13-29(42(35,36)24-9-5-8-22(25(17)24)39-16-41(32,33)34)14-21(30)20(12-18-6-3-2-4-7-18)28-27(31)40-23-15-38-26-19(23)10-11-37-26/h2-9,17,19-21,23,26,30H,10-16H2,1H3,(H,28,31)(H2,32,33,34)/t17?,19-,20-,21+,23-,26+/m0/s1. The number of carbonyl (C=O) groups is 1. The third-order valence-electron chi connectivity index (χ3n) is 7.70. The number of nitrogens with zero attached hydrogens (tertiary/aromatic N) is 1. The number of nitrogens with one attached hydrogen (secondary N) is 1. The van der Waals surface area contributed by atoms with Crippen molar-refractivity contribution in [1.82, 2.24) is 9.62 Å². The molecule has 3 heterocycles. The van der Waals surface area contributed by atoms with E-state index in [1.165, 1.54) is 18.2 Å². The molecule has 4 N–H and O–H groups in total. The number of hydrogen-bond donors (Lipinski definition) is 4.